The van der Waals surface area contributed by atoms with Crippen molar-refractivity contribution in [1.29, 1.82) is 0 Å². The average Bonchev–Trinajstić information content (AvgIpc) is 2.27. The van der Waals surface area contributed by atoms with Crippen molar-refractivity contribution in [2.24, 2.45) is 11.3 Å². The van der Waals surface area contributed by atoms with Crippen molar-refractivity contribution < 1.29 is 14.3 Å². The maximum Gasteiger partial charge on any atom is 0.310 e. The first-order valence-corrected chi connectivity index (χ1v) is 6.32. The topological polar surface area (TPSA) is 46.6 Å². The third-order valence-corrected chi connectivity index (χ3v) is 2.97. The van der Waals surface area contributed by atoms with Gasteiger partial charge in [-0.05, 0) is 19.8 Å². The number of hydrogen-bond donors (Lipinski definition) is 0. The number of rotatable bonds is 2. The van der Waals surface area contributed by atoms with Gasteiger partial charge in [0.15, 0.2) is 0 Å². The molecule has 1 heterocycles. The Bertz CT molecular complexity index is 294. The van der Waals surface area contributed by atoms with E-state index in [-0.39, 0.29) is 23.2 Å². The first kappa shape index (κ1) is 14.0. The summed E-state index contributed by atoms with van der Waals surface area (Å²) in [5.74, 6) is -0.194. The normalized spacial score (nSPS) is 21.2. The molecule has 1 atom stereocenters. The highest BCUT2D eigenvalue weighted by molar-refractivity contribution is 5.82. The van der Waals surface area contributed by atoms with E-state index in [1.807, 2.05) is 20.8 Å². The van der Waals surface area contributed by atoms with E-state index < -0.39 is 0 Å². The third-order valence-electron chi connectivity index (χ3n) is 2.97. The quantitative estimate of drug-likeness (QED) is 0.693. The van der Waals surface area contributed by atoms with Crippen LogP contribution in [0.1, 0.15) is 40.5 Å². The second kappa shape index (κ2) is 5.52. The minimum Gasteiger partial charge on any atom is -0.466 e. The van der Waals surface area contributed by atoms with Gasteiger partial charge in [0.25, 0.3) is 0 Å². The van der Waals surface area contributed by atoms with Crippen LogP contribution in [0.4, 0.5) is 0 Å². The molecule has 1 unspecified atom stereocenters. The van der Waals surface area contributed by atoms with Crippen LogP contribution in [-0.4, -0.2) is 36.5 Å². The molecule has 0 aromatic heterocycles. The molecule has 1 amide bonds. The lowest BCUT2D eigenvalue weighted by Crippen LogP contribution is -2.47. The summed E-state index contributed by atoms with van der Waals surface area (Å²) in [7, 11) is 0. The van der Waals surface area contributed by atoms with E-state index in [4.69, 9.17) is 4.74 Å². The standard InChI is InChI=1S/C13H23NO3/c1-5-17-11(15)10-7-6-8-14(9-10)12(16)13(2,3)4/h10H,5-9H2,1-4H3. The van der Waals surface area contributed by atoms with Crippen LogP contribution in [0.25, 0.3) is 0 Å². The summed E-state index contributed by atoms with van der Waals surface area (Å²) >= 11 is 0. The highest BCUT2D eigenvalue weighted by Crippen LogP contribution is 2.24. The third kappa shape index (κ3) is 3.72. The van der Waals surface area contributed by atoms with Crippen molar-refractivity contribution in [3.05, 3.63) is 0 Å². The minimum atomic E-state index is -0.378. The van der Waals surface area contributed by atoms with Gasteiger partial charge in [0.1, 0.15) is 0 Å². The van der Waals surface area contributed by atoms with Crippen LogP contribution < -0.4 is 0 Å². The lowest BCUT2D eigenvalue weighted by atomic mass is 9.91. The van der Waals surface area contributed by atoms with E-state index in [1.54, 1.807) is 11.8 Å². The van der Waals surface area contributed by atoms with Crippen LogP contribution in [0.5, 0.6) is 0 Å². The van der Waals surface area contributed by atoms with Gasteiger partial charge >= 0.3 is 5.97 Å². The van der Waals surface area contributed by atoms with Crippen LogP contribution in [-0.2, 0) is 14.3 Å². The maximum atomic E-state index is 12.1. The summed E-state index contributed by atoms with van der Waals surface area (Å²) in [6.45, 7) is 9.19. The fraction of sp³-hybridized carbons (Fsp3) is 0.846. The molecule has 0 spiro atoms. The van der Waals surface area contributed by atoms with E-state index in [0.29, 0.717) is 13.2 Å². The highest BCUT2D eigenvalue weighted by atomic mass is 16.5. The second-order valence-corrected chi connectivity index (χ2v) is 5.59. The van der Waals surface area contributed by atoms with Gasteiger partial charge in [0, 0.05) is 18.5 Å². The number of nitrogens with zero attached hydrogens (tertiary/aromatic N) is 1. The molecule has 0 bridgehead atoms. The van der Waals surface area contributed by atoms with Crippen LogP contribution in [0.3, 0.4) is 0 Å². The van der Waals surface area contributed by atoms with Crippen LogP contribution in [0.2, 0.25) is 0 Å². The van der Waals surface area contributed by atoms with Crippen LogP contribution in [0, 0.1) is 11.3 Å². The van der Waals surface area contributed by atoms with Crippen molar-refractivity contribution in [3.63, 3.8) is 0 Å². The predicted octanol–water partition coefficient (Wildman–Crippen LogP) is 1.83. The largest absolute Gasteiger partial charge is 0.466 e. The van der Waals surface area contributed by atoms with Crippen molar-refractivity contribution in [1.82, 2.24) is 4.90 Å². The monoisotopic (exact) mass is 241 g/mol. The zero-order valence-electron chi connectivity index (χ0n) is 11.3. The summed E-state index contributed by atoms with van der Waals surface area (Å²) in [5.41, 5.74) is -0.378. The molecule has 0 aromatic carbocycles. The molecular weight excluding hydrogens is 218 g/mol. The molecule has 1 aliphatic heterocycles. The molecule has 17 heavy (non-hydrogen) atoms. The second-order valence-electron chi connectivity index (χ2n) is 5.59. The molecule has 1 fully saturated rings. The van der Waals surface area contributed by atoms with Gasteiger partial charge in [0.05, 0.1) is 12.5 Å². The SMILES string of the molecule is CCOC(=O)C1CCCN(C(=O)C(C)(C)C)C1. The molecule has 0 aliphatic carbocycles. The molecule has 0 N–H and O–H groups in total. The molecule has 0 aromatic rings. The van der Waals surface area contributed by atoms with E-state index in [1.165, 1.54) is 0 Å². The Morgan fingerprint density at radius 3 is 2.53 bits per heavy atom. The molecule has 1 rings (SSSR count). The van der Waals surface area contributed by atoms with Crippen molar-refractivity contribution in [3.8, 4) is 0 Å². The average molecular weight is 241 g/mol. The molecule has 98 valence electrons. The number of ether oxygens (including phenoxy) is 1. The Morgan fingerprint density at radius 2 is 2.00 bits per heavy atom. The van der Waals surface area contributed by atoms with E-state index in [2.05, 4.69) is 0 Å². The van der Waals surface area contributed by atoms with Crippen molar-refractivity contribution >= 4 is 11.9 Å². The van der Waals surface area contributed by atoms with E-state index in [0.717, 1.165) is 19.4 Å². The van der Waals surface area contributed by atoms with E-state index >= 15 is 0 Å². The molecule has 4 nitrogen and oxygen atoms in total. The number of esters is 1. The van der Waals surface area contributed by atoms with Gasteiger partial charge in [0.2, 0.25) is 5.91 Å². The van der Waals surface area contributed by atoms with Gasteiger partial charge in [-0.15, -0.1) is 0 Å². The van der Waals surface area contributed by atoms with Gasteiger partial charge in [-0.1, -0.05) is 20.8 Å². The molecule has 0 saturated carbocycles. The minimum absolute atomic E-state index is 0.117. The summed E-state index contributed by atoms with van der Waals surface area (Å²) in [6, 6.07) is 0. The summed E-state index contributed by atoms with van der Waals surface area (Å²) in [4.78, 5) is 25.6. The fourth-order valence-corrected chi connectivity index (χ4v) is 2.09. The number of carbonyl (C=O) groups is 2. The summed E-state index contributed by atoms with van der Waals surface area (Å²) in [5, 5.41) is 0. The molecule has 1 saturated heterocycles. The van der Waals surface area contributed by atoms with Crippen molar-refractivity contribution in [2.45, 2.75) is 40.5 Å². The number of amides is 1. The number of carbonyl (C=O) groups excluding carboxylic acids is 2. The molecule has 4 heteroatoms. The summed E-state index contributed by atoms with van der Waals surface area (Å²) < 4.78 is 5.02. The molecule has 0 radical (unpaired) electrons. The lowest BCUT2D eigenvalue weighted by molar-refractivity contribution is -0.152. The van der Waals surface area contributed by atoms with Crippen LogP contribution >= 0.6 is 0 Å². The molecular formula is C13H23NO3. The first-order valence-electron chi connectivity index (χ1n) is 6.32. The number of hydrogen-bond acceptors (Lipinski definition) is 3. The molecule has 1 aliphatic rings. The maximum absolute atomic E-state index is 12.1. The summed E-state index contributed by atoms with van der Waals surface area (Å²) in [6.07, 6.45) is 1.71. The zero-order chi connectivity index (χ0) is 13.1. The number of piperidine rings is 1. The highest BCUT2D eigenvalue weighted by Gasteiger charge is 2.33. The van der Waals surface area contributed by atoms with Crippen LogP contribution in [0.15, 0.2) is 0 Å². The lowest BCUT2D eigenvalue weighted by Gasteiger charge is -2.35. The van der Waals surface area contributed by atoms with Gasteiger partial charge < -0.3 is 9.64 Å². The predicted molar refractivity (Wildman–Crippen MR) is 65.4 cm³/mol. The zero-order valence-corrected chi connectivity index (χ0v) is 11.3. The fourth-order valence-electron chi connectivity index (χ4n) is 2.09. The first-order chi connectivity index (χ1) is 7.86. The van der Waals surface area contributed by atoms with Crippen molar-refractivity contribution in [2.75, 3.05) is 19.7 Å². The van der Waals surface area contributed by atoms with Gasteiger partial charge in [-0.2, -0.15) is 0 Å². The Balaban J connectivity index is 2.61. The van der Waals surface area contributed by atoms with Gasteiger partial charge in [-0.25, -0.2) is 0 Å². The van der Waals surface area contributed by atoms with E-state index in [9.17, 15) is 9.59 Å². The number of likely N-dealkylation sites (tertiary alicyclic amines) is 1. The Hall–Kier alpha value is -1.06. The van der Waals surface area contributed by atoms with Gasteiger partial charge in [-0.3, -0.25) is 9.59 Å². The smallest absolute Gasteiger partial charge is 0.310 e. The Labute approximate surface area is 103 Å². The Morgan fingerprint density at radius 1 is 1.35 bits per heavy atom. The Kier molecular flexibility index (Phi) is 4.54.